The van der Waals surface area contributed by atoms with Gasteiger partial charge in [0.25, 0.3) is 5.91 Å². The zero-order valence-electron chi connectivity index (χ0n) is 20.7. The van der Waals surface area contributed by atoms with Gasteiger partial charge in [0.05, 0.1) is 0 Å². The number of carbonyl (C=O) groups is 2. The molecule has 0 saturated carbocycles. The summed E-state index contributed by atoms with van der Waals surface area (Å²) in [7, 11) is 0. The maximum atomic E-state index is 13.3. The first kappa shape index (κ1) is 24.5. The fraction of sp³-hybridized carbons (Fsp3) is 0.333. The van der Waals surface area contributed by atoms with Crippen LogP contribution in [0.3, 0.4) is 0 Å². The van der Waals surface area contributed by atoms with Crippen LogP contribution in [0.25, 0.3) is 0 Å². The largest absolute Gasteiger partial charge is 0.487 e. The molecule has 0 saturated heterocycles. The van der Waals surface area contributed by atoms with Crippen molar-refractivity contribution in [1.29, 1.82) is 0 Å². The van der Waals surface area contributed by atoms with Crippen molar-refractivity contribution in [3.8, 4) is 5.75 Å². The van der Waals surface area contributed by atoms with Crippen molar-refractivity contribution in [2.24, 2.45) is 0 Å². The van der Waals surface area contributed by atoms with Crippen molar-refractivity contribution < 1.29 is 19.4 Å². The van der Waals surface area contributed by atoms with Gasteiger partial charge in [-0.25, -0.2) is 0 Å². The molecule has 3 aromatic carbocycles. The molecule has 5 nitrogen and oxygen atoms in total. The second-order valence-electron chi connectivity index (χ2n) is 9.98. The fourth-order valence-electron chi connectivity index (χ4n) is 4.71. The molecule has 1 aliphatic heterocycles. The number of ether oxygens (including phenoxy) is 1. The maximum absolute atomic E-state index is 13.3. The number of hydrogen-bond acceptors (Lipinski definition) is 3. The van der Waals surface area contributed by atoms with Gasteiger partial charge in [-0.1, -0.05) is 68.4 Å². The number of rotatable bonds is 9. The minimum atomic E-state index is -1.02. The highest BCUT2D eigenvalue weighted by atomic mass is 16.5. The molecule has 1 amide bonds. The minimum Gasteiger partial charge on any atom is -0.487 e. The lowest BCUT2D eigenvalue weighted by molar-refractivity contribution is -0.137. The van der Waals surface area contributed by atoms with Gasteiger partial charge in [0.1, 0.15) is 17.9 Å². The Morgan fingerprint density at radius 3 is 2.37 bits per heavy atom. The molecular formula is C30H33NO4. The fourth-order valence-corrected chi connectivity index (χ4v) is 4.71. The predicted octanol–water partition coefficient (Wildman–Crippen LogP) is 5.52. The van der Waals surface area contributed by atoms with E-state index in [0.717, 1.165) is 23.3 Å². The molecule has 0 spiro atoms. The Labute approximate surface area is 207 Å². The number of nitrogens with zero attached hydrogens (tertiary/aromatic N) is 1. The number of hydrogen-bond donors (Lipinski definition) is 1. The zero-order valence-corrected chi connectivity index (χ0v) is 20.7. The van der Waals surface area contributed by atoms with E-state index >= 15 is 0 Å². The van der Waals surface area contributed by atoms with Gasteiger partial charge in [0.15, 0.2) is 0 Å². The third-order valence-electron chi connectivity index (χ3n) is 6.58. The van der Waals surface area contributed by atoms with Crippen LogP contribution in [0, 0.1) is 0 Å². The first-order valence-corrected chi connectivity index (χ1v) is 12.2. The highest BCUT2D eigenvalue weighted by Crippen LogP contribution is 2.37. The molecule has 1 aliphatic rings. The monoisotopic (exact) mass is 471 g/mol. The Bertz CT molecular complexity index is 1190. The maximum Gasteiger partial charge on any atom is 0.323 e. The van der Waals surface area contributed by atoms with Gasteiger partial charge in [0.2, 0.25) is 0 Å². The highest BCUT2D eigenvalue weighted by molar-refractivity contribution is 5.96. The smallest absolute Gasteiger partial charge is 0.323 e. The SMILES string of the molecule is CC(C)c1ccc(C[C@]2(C)Cc3cc(C(=O)N(CCc4ccccc4)CC(=O)O)ccc3O2)cc1. The number of fused-ring (bicyclic) bond motifs is 1. The van der Waals surface area contributed by atoms with E-state index in [1.807, 2.05) is 42.5 Å². The molecule has 0 fully saturated rings. The summed E-state index contributed by atoms with van der Waals surface area (Å²) >= 11 is 0. The van der Waals surface area contributed by atoms with Crippen molar-refractivity contribution in [3.05, 3.63) is 101 Å². The Morgan fingerprint density at radius 1 is 1.00 bits per heavy atom. The predicted molar refractivity (Wildman–Crippen MR) is 137 cm³/mol. The van der Waals surface area contributed by atoms with Crippen molar-refractivity contribution >= 4 is 11.9 Å². The lowest BCUT2D eigenvalue weighted by Gasteiger charge is -2.24. The number of carbonyl (C=O) groups excluding carboxylic acids is 1. The van der Waals surface area contributed by atoms with Crippen LogP contribution in [-0.2, 0) is 24.1 Å². The van der Waals surface area contributed by atoms with Gasteiger partial charge in [-0.2, -0.15) is 0 Å². The van der Waals surface area contributed by atoms with E-state index in [1.54, 1.807) is 6.07 Å². The molecule has 35 heavy (non-hydrogen) atoms. The average molecular weight is 472 g/mol. The molecular weight excluding hydrogens is 438 g/mol. The summed E-state index contributed by atoms with van der Waals surface area (Å²) in [6, 6.07) is 23.9. The Kier molecular flexibility index (Phi) is 7.25. The molecule has 0 radical (unpaired) electrons. The number of aliphatic carboxylic acids is 1. The number of benzene rings is 3. The summed E-state index contributed by atoms with van der Waals surface area (Å²) in [6.07, 6.45) is 2.06. The second-order valence-corrected chi connectivity index (χ2v) is 9.98. The molecule has 0 aromatic heterocycles. The van der Waals surface area contributed by atoms with E-state index in [2.05, 4.69) is 45.0 Å². The quantitative estimate of drug-likeness (QED) is 0.447. The van der Waals surface area contributed by atoms with Crippen LogP contribution in [0.2, 0.25) is 0 Å². The van der Waals surface area contributed by atoms with E-state index in [-0.39, 0.29) is 12.5 Å². The summed E-state index contributed by atoms with van der Waals surface area (Å²) < 4.78 is 6.32. The van der Waals surface area contributed by atoms with Gasteiger partial charge >= 0.3 is 5.97 Å². The summed E-state index contributed by atoms with van der Waals surface area (Å²) in [5.74, 6) is -0.0103. The normalized spacial score (nSPS) is 16.6. The summed E-state index contributed by atoms with van der Waals surface area (Å²) in [5.41, 5.74) is 4.68. The van der Waals surface area contributed by atoms with Gasteiger partial charge in [-0.15, -0.1) is 0 Å². The summed E-state index contributed by atoms with van der Waals surface area (Å²) in [5, 5.41) is 9.37. The Hall–Kier alpha value is -3.60. The molecule has 0 unspecified atom stereocenters. The van der Waals surface area contributed by atoms with Crippen LogP contribution < -0.4 is 4.74 Å². The minimum absolute atomic E-state index is 0.274. The standard InChI is InChI=1S/C30H33NO4/c1-21(2)24-11-9-23(10-12-24)18-30(3)19-26-17-25(13-14-27(26)35-30)29(34)31(20-28(32)33)16-15-22-7-5-4-6-8-22/h4-14,17,21H,15-16,18-20H2,1-3H3,(H,32,33)/t30-/m1/s1. The first-order chi connectivity index (χ1) is 16.7. The molecule has 1 atom stereocenters. The number of carboxylic acids is 1. The van der Waals surface area contributed by atoms with Crippen molar-refractivity contribution in [1.82, 2.24) is 4.90 Å². The van der Waals surface area contributed by atoms with E-state index in [1.165, 1.54) is 16.0 Å². The molecule has 0 aliphatic carbocycles. The first-order valence-electron chi connectivity index (χ1n) is 12.2. The zero-order chi connectivity index (χ0) is 25.0. The highest BCUT2D eigenvalue weighted by Gasteiger charge is 2.35. The molecule has 1 N–H and O–H groups in total. The van der Waals surface area contributed by atoms with E-state index < -0.39 is 11.6 Å². The van der Waals surface area contributed by atoms with Crippen molar-refractivity contribution in [2.45, 2.75) is 51.6 Å². The third-order valence-corrected chi connectivity index (χ3v) is 6.58. The number of amides is 1. The molecule has 5 heteroatoms. The molecule has 182 valence electrons. The van der Waals surface area contributed by atoms with Crippen LogP contribution in [0.15, 0.2) is 72.8 Å². The molecule has 0 bridgehead atoms. The van der Waals surface area contributed by atoms with Gasteiger partial charge in [0, 0.05) is 24.9 Å². The van der Waals surface area contributed by atoms with E-state index in [9.17, 15) is 14.7 Å². The lowest BCUT2D eigenvalue weighted by Crippen LogP contribution is -2.37. The number of carboxylic acid groups (broad SMARTS) is 1. The summed E-state index contributed by atoms with van der Waals surface area (Å²) in [4.78, 5) is 26.1. The molecule has 3 aromatic rings. The average Bonchev–Trinajstić information content (AvgIpc) is 3.16. The second kappa shape index (κ2) is 10.3. The van der Waals surface area contributed by atoms with Crippen molar-refractivity contribution in [3.63, 3.8) is 0 Å². The van der Waals surface area contributed by atoms with Gasteiger partial charge in [-0.05, 0) is 59.7 Å². The Balaban J connectivity index is 1.46. The van der Waals surface area contributed by atoms with Gasteiger partial charge in [-0.3, -0.25) is 9.59 Å². The molecule has 4 rings (SSSR count). The van der Waals surface area contributed by atoms with E-state index in [4.69, 9.17) is 4.74 Å². The van der Waals surface area contributed by atoms with E-state index in [0.29, 0.717) is 30.9 Å². The van der Waals surface area contributed by atoms with Crippen LogP contribution >= 0.6 is 0 Å². The van der Waals surface area contributed by atoms with Crippen LogP contribution in [0.1, 0.15) is 59.3 Å². The van der Waals surface area contributed by atoms with Crippen molar-refractivity contribution in [2.75, 3.05) is 13.1 Å². The van der Waals surface area contributed by atoms with Crippen LogP contribution in [-0.4, -0.2) is 40.6 Å². The summed E-state index contributed by atoms with van der Waals surface area (Å²) in [6.45, 7) is 6.48. The van der Waals surface area contributed by atoms with Gasteiger partial charge < -0.3 is 14.7 Å². The Morgan fingerprint density at radius 2 is 1.71 bits per heavy atom. The lowest BCUT2D eigenvalue weighted by atomic mass is 9.90. The third kappa shape index (κ3) is 6.10. The topological polar surface area (TPSA) is 66.8 Å². The van der Waals surface area contributed by atoms with Crippen LogP contribution in [0.5, 0.6) is 5.75 Å². The van der Waals surface area contributed by atoms with Crippen LogP contribution in [0.4, 0.5) is 0 Å². The molecule has 1 heterocycles.